The van der Waals surface area contributed by atoms with Gasteiger partial charge in [0.15, 0.2) is 0 Å². The fourth-order valence-electron chi connectivity index (χ4n) is 2.32. The first-order valence-corrected chi connectivity index (χ1v) is 8.76. The van der Waals surface area contributed by atoms with E-state index in [2.05, 4.69) is 0 Å². The Morgan fingerprint density at radius 1 is 1.32 bits per heavy atom. The molecule has 0 fully saturated rings. The van der Waals surface area contributed by atoms with Crippen LogP contribution in [0.15, 0.2) is 24.3 Å². The van der Waals surface area contributed by atoms with Crippen LogP contribution in [0.5, 0.6) is 0 Å². The lowest BCUT2D eigenvalue weighted by Crippen LogP contribution is -2.35. The Balaban J connectivity index is 2.01. The molecular weight excluding hydrogens is 286 g/mol. The van der Waals surface area contributed by atoms with Crippen molar-refractivity contribution >= 4 is 31.3 Å². The fourth-order valence-corrected chi connectivity index (χ4v) is 3.14. The summed E-state index contributed by atoms with van der Waals surface area (Å²) in [5, 5.41) is 0. The number of anilines is 1. The van der Waals surface area contributed by atoms with Crippen LogP contribution in [0.3, 0.4) is 0 Å². The minimum absolute atomic E-state index is 0.0348. The number of halogens is 1. The summed E-state index contributed by atoms with van der Waals surface area (Å²) in [5.41, 5.74) is 2.12. The third kappa shape index (κ3) is 3.94. The van der Waals surface area contributed by atoms with Crippen molar-refractivity contribution in [1.82, 2.24) is 0 Å². The molecule has 1 aliphatic heterocycles. The van der Waals surface area contributed by atoms with Crippen LogP contribution in [0.25, 0.3) is 0 Å². The van der Waals surface area contributed by atoms with Crippen LogP contribution >= 0.6 is 10.7 Å². The molecule has 1 aliphatic rings. The molecule has 0 N–H and O–H groups in total. The summed E-state index contributed by atoms with van der Waals surface area (Å²) in [4.78, 5) is 13.9. The molecule has 0 aromatic heterocycles. The predicted molar refractivity (Wildman–Crippen MR) is 76.0 cm³/mol. The van der Waals surface area contributed by atoms with E-state index in [1.165, 1.54) is 5.56 Å². The van der Waals surface area contributed by atoms with Crippen molar-refractivity contribution in [1.29, 1.82) is 0 Å². The van der Waals surface area contributed by atoms with E-state index in [1.54, 1.807) is 4.90 Å². The number of amides is 1. The van der Waals surface area contributed by atoms with Gasteiger partial charge in [-0.2, -0.15) is 0 Å². The summed E-state index contributed by atoms with van der Waals surface area (Å²) in [5.74, 6) is -0.192. The zero-order valence-corrected chi connectivity index (χ0v) is 12.1. The zero-order chi connectivity index (χ0) is 13.9. The molecule has 0 aliphatic carbocycles. The maximum absolute atomic E-state index is 12.1. The molecule has 0 saturated heterocycles. The first-order chi connectivity index (χ1) is 8.97. The number of benzene rings is 1. The summed E-state index contributed by atoms with van der Waals surface area (Å²) < 4.78 is 21.7. The van der Waals surface area contributed by atoms with Crippen LogP contribution in [0, 0.1) is 0 Å². The molecule has 1 aromatic carbocycles. The standard InChI is InChI=1S/C13H16ClNO3S/c14-19(17,18)10-4-8-13(16)15-9-3-6-11-5-1-2-7-12(11)15/h1-2,5,7H,3-4,6,8-10H2. The van der Waals surface area contributed by atoms with Gasteiger partial charge in [0.1, 0.15) is 0 Å². The minimum atomic E-state index is -3.51. The Hall–Kier alpha value is -1.07. The first-order valence-electron chi connectivity index (χ1n) is 6.28. The van der Waals surface area contributed by atoms with Gasteiger partial charge in [-0.05, 0) is 30.9 Å². The highest BCUT2D eigenvalue weighted by molar-refractivity contribution is 8.13. The van der Waals surface area contributed by atoms with Crippen molar-refractivity contribution in [3.05, 3.63) is 29.8 Å². The quantitative estimate of drug-likeness (QED) is 0.802. The molecule has 1 amide bonds. The van der Waals surface area contributed by atoms with Gasteiger partial charge in [-0.25, -0.2) is 8.42 Å². The van der Waals surface area contributed by atoms with Gasteiger partial charge >= 0.3 is 0 Å². The number of hydrogen-bond donors (Lipinski definition) is 0. The Bertz CT molecular complexity index is 571. The number of hydrogen-bond acceptors (Lipinski definition) is 3. The highest BCUT2D eigenvalue weighted by Gasteiger charge is 2.21. The first kappa shape index (κ1) is 14.3. The lowest BCUT2D eigenvalue weighted by Gasteiger charge is -2.29. The van der Waals surface area contributed by atoms with Crippen LogP contribution in [0.4, 0.5) is 5.69 Å². The number of carbonyl (C=O) groups excluding carboxylic acids is 1. The molecule has 4 nitrogen and oxygen atoms in total. The Morgan fingerprint density at radius 3 is 2.79 bits per heavy atom. The summed E-state index contributed by atoms with van der Waals surface area (Å²) >= 11 is 0. The van der Waals surface area contributed by atoms with Crippen LogP contribution < -0.4 is 4.90 Å². The van der Waals surface area contributed by atoms with Gasteiger partial charge in [-0.3, -0.25) is 4.79 Å². The monoisotopic (exact) mass is 301 g/mol. The second-order valence-electron chi connectivity index (χ2n) is 4.62. The van der Waals surface area contributed by atoms with E-state index in [4.69, 9.17) is 10.7 Å². The van der Waals surface area contributed by atoms with Crippen LogP contribution in [-0.4, -0.2) is 26.6 Å². The van der Waals surface area contributed by atoms with E-state index in [0.29, 0.717) is 6.54 Å². The Labute approximate surface area is 117 Å². The van der Waals surface area contributed by atoms with Crippen molar-refractivity contribution in [2.45, 2.75) is 25.7 Å². The van der Waals surface area contributed by atoms with E-state index in [1.807, 2.05) is 24.3 Å². The number of nitrogens with zero attached hydrogens (tertiary/aromatic N) is 1. The SMILES string of the molecule is O=C(CCCS(=O)(=O)Cl)N1CCCc2ccccc21. The predicted octanol–water partition coefficient (Wildman–Crippen LogP) is 2.31. The number of fused-ring (bicyclic) bond motifs is 1. The summed E-state index contributed by atoms with van der Waals surface area (Å²) in [7, 11) is 1.62. The molecule has 0 saturated carbocycles. The van der Waals surface area contributed by atoms with E-state index >= 15 is 0 Å². The third-order valence-electron chi connectivity index (χ3n) is 3.19. The highest BCUT2D eigenvalue weighted by Crippen LogP contribution is 2.27. The van der Waals surface area contributed by atoms with Gasteiger partial charge in [-0.1, -0.05) is 18.2 Å². The normalized spacial score (nSPS) is 15.1. The third-order valence-corrected chi connectivity index (χ3v) is 4.43. The van der Waals surface area contributed by atoms with E-state index < -0.39 is 9.05 Å². The average molecular weight is 302 g/mol. The molecular formula is C13H16ClNO3S. The Kier molecular flexibility index (Phi) is 4.47. The molecule has 2 rings (SSSR count). The van der Waals surface area contributed by atoms with Crippen LogP contribution in [-0.2, 0) is 20.3 Å². The second kappa shape index (κ2) is 5.92. The molecule has 6 heteroatoms. The molecule has 0 radical (unpaired) electrons. The lowest BCUT2D eigenvalue weighted by molar-refractivity contribution is -0.118. The number of carbonyl (C=O) groups is 1. The minimum Gasteiger partial charge on any atom is -0.312 e. The maximum Gasteiger partial charge on any atom is 0.232 e. The van der Waals surface area contributed by atoms with Crippen molar-refractivity contribution in [2.24, 2.45) is 0 Å². The van der Waals surface area contributed by atoms with Crippen molar-refractivity contribution in [3.8, 4) is 0 Å². The lowest BCUT2D eigenvalue weighted by atomic mass is 10.0. The molecule has 0 unspecified atom stereocenters. The van der Waals surface area contributed by atoms with E-state index in [-0.39, 0.29) is 24.5 Å². The van der Waals surface area contributed by atoms with Crippen molar-refractivity contribution in [2.75, 3.05) is 17.2 Å². The van der Waals surface area contributed by atoms with E-state index in [0.717, 1.165) is 18.5 Å². The second-order valence-corrected chi connectivity index (χ2v) is 7.52. The summed E-state index contributed by atoms with van der Waals surface area (Å²) in [6, 6.07) is 7.84. The summed E-state index contributed by atoms with van der Waals surface area (Å²) in [6.07, 6.45) is 2.40. The number of para-hydroxylation sites is 1. The Morgan fingerprint density at radius 2 is 2.05 bits per heavy atom. The summed E-state index contributed by atoms with van der Waals surface area (Å²) in [6.45, 7) is 0.698. The van der Waals surface area contributed by atoms with Gasteiger partial charge in [0, 0.05) is 29.3 Å². The highest BCUT2D eigenvalue weighted by atomic mass is 35.7. The van der Waals surface area contributed by atoms with Gasteiger partial charge in [0.25, 0.3) is 0 Å². The topological polar surface area (TPSA) is 54.5 Å². The van der Waals surface area contributed by atoms with Crippen LogP contribution in [0.2, 0.25) is 0 Å². The fraction of sp³-hybridized carbons (Fsp3) is 0.462. The molecule has 19 heavy (non-hydrogen) atoms. The molecule has 104 valence electrons. The van der Waals surface area contributed by atoms with Crippen LogP contribution in [0.1, 0.15) is 24.8 Å². The smallest absolute Gasteiger partial charge is 0.232 e. The maximum atomic E-state index is 12.1. The molecule has 0 bridgehead atoms. The van der Waals surface area contributed by atoms with Gasteiger partial charge in [-0.15, -0.1) is 0 Å². The molecule has 1 heterocycles. The zero-order valence-electron chi connectivity index (χ0n) is 10.5. The number of rotatable bonds is 4. The van der Waals surface area contributed by atoms with Crippen molar-refractivity contribution in [3.63, 3.8) is 0 Å². The molecule has 0 spiro atoms. The van der Waals surface area contributed by atoms with Gasteiger partial charge in [0.05, 0.1) is 5.75 Å². The largest absolute Gasteiger partial charge is 0.312 e. The van der Waals surface area contributed by atoms with Gasteiger partial charge in [0.2, 0.25) is 15.0 Å². The molecule has 0 atom stereocenters. The number of aryl methyl sites for hydroxylation is 1. The van der Waals surface area contributed by atoms with Gasteiger partial charge < -0.3 is 4.90 Å². The van der Waals surface area contributed by atoms with E-state index in [9.17, 15) is 13.2 Å². The van der Waals surface area contributed by atoms with Crippen molar-refractivity contribution < 1.29 is 13.2 Å². The average Bonchev–Trinajstić information content (AvgIpc) is 2.36. The molecule has 1 aromatic rings.